The third-order valence-electron chi connectivity index (χ3n) is 3.32. The van der Waals surface area contributed by atoms with Crippen molar-refractivity contribution in [3.8, 4) is 22.8 Å². The van der Waals surface area contributed by atoms with E-state index in [2.05, 4.69) is 20.1 Å². The van der Waals surface area contributed by atoms with Crippen molar-refractivity contribution in [2.24, 2.45) is 0 Å². The molecule has 0 fully saturated rings. The number of nitro groups is 1. The molecule has 144 valence electrons. The first-order valence-electron chi connectivity index (χ1n) is 7.57. The van der Waals surface area contributed by atoms with Gasteiger partial charge in [-0.15, -0.1) is 5.10 Å². The van der Waals surface area contributed by atoms with Crippen molar-refractivity contribution < 1.29 is 33.5 Å². The van der Waals surface area contributed by atoms with Gasteiger partial charge in [0.05, 0.1) is 37.4 Å². The highest BCUT2D eigenvalue weighted by atomic mass is 16.6. The molecule has 0 saturated heterocycles. The van der Waals surface area contributed by atoms with Gasteiger partial charge in [-0.1, -0.05) is 0 Å². The van der Waals surface area contributed by atoms with Crippen LogP contribution in [0.2, 0.25) is 0 Å². The fraction of sp³-hybridized carbons (Fsp3) is 0.333. The van der Waals surface area contributed by atoms with Crippen molar-refractivity contribution in [3.05, 3.63) is 27.9 Å². The SMILES string of the molecule is CCOC(=O)c1n[nH]nc1-c1cc(OC)c(OCC(=O)OC)cc1[N+](=O)[O-]. The topological polar surface area (TPSA) is 156 Å². The van der Waals surface area contributed by atoms with Crippen LogP contribution in [-0.4, -0.2) is 59.7 Å². The number of ether oxygens (including phenoxy) is 4. The van der Waals surface area contributed by atoms with Gasteiger partial charge in [0, 0.05) is 6.07 Å². The molecule has 1 N–H and O–H groups in total. The van der Waals surface area contributed by atoms with Crippen LogP contribution < -0.4 is 9.47 Å². The van der Waals surface area contributed by atoms with E-state index >= 15 is 0 Å². The molecule has 27 heavy (non-hydrogen) atoms. The Morgan fingerprint density at radius 3 is 2.56 bits per heavy atom. The number of carbonyl (C=O) groups is 2. The van der Waals surface area contributed by atoms with E-state index < -0.39 is 29.2 Å². The molecule has 0 bridgehead atoms. The molecule has 2 aromatic rings. The van der Waals surface area contributed by atoms with Gasteiger partial charge < -0.3 is 18.9 Å². The first-order chi connectivity index (χ1) is 12.9. The lowest BCUT2D eigenvalue weighted by Gasteiger charge is -2.11. The summed E-state index contributed by atoms with van der Waals surface area (Å²) in [6.45, 7) is 1.23. The molecular formula is C15H16N4O8. The standard InChI is InChI=1S/C15H16N4O8/c1-4-26-15(21)14-13(16-18-17-14)8-5-10(24-2)11(6-9(8)19(22)23)27-7-12(20)25-3/h5-6H,4,7H2,1-3H3,(H,16,17,18). The number of aromatic nitrogens is 3. The highest BCUT2D eigenvalue weighted by molar-refractivity contribution is 5.95. The lowest BCUT2D eigenvalue weighted by molar-refractivity contribution is -0.384. The van der Waals surface area contributed by atoms with Crippen LogP contribution in [0.4, 0.5) is 5.69 Å². The van der Waals surface area contributed by atoms with E-state index in [4.69, 9.17) is 14.2 Å². The number of hydrogen-bond acceptors (Lipinski definition) is 10. The normalized spacial score (nSPS) is 10.2. The molecule has 0 unspecified atom stereocenters. The van der Waals surface area contributed by atoms with E-state index in [1.54, 1.807) is 6.92 Å². The lowest BCUT2D eigenvalue weighted by Crippen LogP contribution is -2.13. The number of benzene rings is 1. The van der Waals surface area contributed by atoms with Crippen molar-refractivity contribution in [1.29, 1.82) is 0 Å². The molecule has 0 aliphatic heterocycles. The van der Waals surface area contributed by atoms with Gasteiger partial charge in [0.2, 0.25) is 0 Å². The number of nitro benzene ring substituents is 1. The number of methoxy groups -OCH3 is 2. The Morgan fingerprint density at radius 2 is 1.96 bits per heavy atom. The van der Waals surface area contributed by atoms with Crippen LogP contribution in [0.5, 0.6) is 11.5 Å². The molecule has 0 aliphatic carbocycles. The number of esters is 2. The lowest BCUT2D eigenvalue weighted by atomic mass is 10.1. The summed E-state index contributed by atoms with van der Waals surface area (Å²) in [6.07, 6.45) is 0. The number of H-pyrrole nitrogens is 1. The number of hydrogen-bond donors (Lipinski definition) is 1. The number of aromatic amines is 1. The van der Waals surface area contributed by atoms with Crippen LogP contribution in [0.25, 0.3) is 11.3 Å². The second-order valence-corrected chi connectivity index (χ2v) is 4.88. The molecular weight excluding hydrogens is 364 g/mol. The highest BCUT2D eigenvalue weighted by Crippen LogP contribution is 2.40. The van der Waals surface area contributed by atoms with E-state index in [1.165, 1.54) is 20.3 Å². The van der Waals surface area contributed by atoms with Gasteiger partial charge in [-0.2, -0.15) is 10.3 Å². The zero-order chi connectivity index (χ0) is 20.0. The monoisotopic (exact) mass is 380 g/mol. The van der Waals surface area contributed by atoms with Crippen molar-refractivity contribution in [2.45, 2.75) is 6.92 Å². The Hall–Kier alpha value is -3.70. The predicted octanol–water partition coefficient (Wildman–Crippen LogP) is 1.12. The quantitative estimate of drug-likeness (QED) is 0.400. The van der Waals surface area contributed by atoms with E-state index in [-0.39, 0.29) is 35.1 Å². The maximum absolute atomic E-state index is 12.0. The summed E-state index contributed by atoms with van der Waals surface area (Å²) in [6, 6.07) is 2.31. The van der Waals surface area contributed by atoms with E-state index in [1.807, 2.05) is 0 Å². The number of carbonyl (C=O) groups excluding carboxylic acids is 2. The Labute approximate surface area is 152 Å². The average molecular weight is 380 g/mol. The Kier molecular flexibility index (Phi) is 6.25. The van der Waals surface area contributed by atoms with Gasteiger partial charge in [0.1, 0.15) is 5.69 Å². The minimum absolute atomic E-state index is 0.0425. The molecule has 0 amide bonds. The maximum Gasteiger partial charge on any atom is 0.361 e. The van der Waals surface area contributed by atoms with Crippen LogP contribution in [0, 0.1) is 10.1 Å². The van der Waals surface area contributed by atoms with Gasteiger partial charge in [0.15, 0.2) is 23.8 Å². The van der Waals surface area contributed by atoms with Gasteiger partial charge >= 0.3 is 11.9 Å². The number of rotatable bonds is 8. The highest BCUT2D eigenvalue weighted by Gasteiger charge is 2.28. The van der Waals surface area contributed by atoms with Crippen molar-refractivity contribution in [3.63, 3.8) is 0 Å². The zero-order valence-corrected chi connectivity index (χ0v) is 14.7. The maximum atomic E-state index is 12.0. The minimum atomic E-state index is -0.791. The van der Waals surface area contributed by atoms with Crippen LogP contribution in [0.15, 0.2) is 12.1 Å². The molecule has 0 atom stereocenters. The van der Waals surface area contributed by atoms with Gasteiger partial charge in [-0.3, -0.25) is 10.1 Å². The summed E-state index contributed by atoms with van der Waals surface area (Å²) >= 11 is 0. The molecule has 0 radical (unpaired) electrons. The zero-order valence-electron chi connectivity index (χ0n) is 14.7. The Balaban J connectivity index is 2.54. The van der Waals surface area contributed by atoms with Crippen molar-refractivity contribution >= 4 is 17.6 Å². The van der Waals surface area contributed by atoms with Crippen LogP contribution in [0.3, 0.4) is 0 Å². The van der Waals surface area contributed by atoms with Crippen molar-refractivity contribution in [2.75, 3.05) is 27.4 Å². The number of nitrogens with zero attached hydrogens (tertiary/aromatic N) is 3. The van der Waals surface area contributed by atoms with Crippen molar-refractivity contribution in [1.82, 2.24) is 15.4 Å². The molecule has 2 rings (SSSR count). The van der Waals surface area contributed by atoms with E-state index in [0.717, 1.165) is 6.07 Å². The third-order valence-corrected chi connectivity index (χ3v) is 3.32. The fourth-order valence-electron chi connectivity index (χ4n) is 2.12. The minimum Gasteiger partial charge on any atom is -0.493 e. The summed E-state index contributed by atoms with van der Waals surface area (Å²) in [7, 11) is 2.49. The van der Waals surface area contributed by atoms with E-state index in [9.17, 15) is 19.7 Å². The molecule has 12 heteroatoms. The van der Waals surface area contributed by atoms with E-state index in [0.29, 0.717) is 0 Å². The second-order valence-electron chi connectivity index (χ2n) is 4.88. The fourth-order valence-corrected chi connectivity index (χ4v) is 2.12. The average Bonchev–Trinajstić information content (AvgIpc) is 3.15. The smallest absolute Gasteiger partial charge is 0.361 e. The van der Waals surface area contributed by atoms with Crippen LogP contribution in [0.1, 0.15) is 17.4 Å². The van der Waals surface area contributed by atoms with Crippen LogP contribution in [-0.2, 0) is 14.3 Å². The summed E-state index contributed by atoms with van der Waals surface area (Å²) in [5, 5.41) is 21.3. The molecule has 1 aromatic carbocycles. The number of nitrogens with one attached hydrogen (secondary N) is 1. The summed E-state index contributed by atoms with van der Waals surface area (Å²) in [5.41, 5.74) is -0.780. The van der Waals surface area contributed by atoms with Gasteiger partial charge in [0.25, 0.3) is 5.69 Å². The molecule has 1 heterocycles. The third kappa shape index (κ3) is 4.29. The van der Waals surface area contributed by atoms with Crippen LogP contribution >= 0.6 is 0 Å². The first-order valence-corrected chi connectivity index (χ1v) is 7.57. The largest absolute Gasteiger partial charge is 0.493 e. The molecule has 12 nitrogen and oxygen atoms in total. The summed E-state index contributed by atoms with van der Waals surface area (Å²) in [5.74, 6) is -1.44. The first kappa shape index (κ1) is 19.6. The summed E-state index contributed by atoms with van der Waals surface area (Å²) in [4.78, 5) is 34.1. The second kappa shape index (κ2) is 8.60. The summed E-state index contributed by atoms with van der Waals surface area (Å²) < 4.78 is 19.7. The molecule has 1 aromatic heterocycles. The van der Waals surface area contributed by atoms with Gasteiger partial charge in [-0.05, 0) is 6.92 Å². The predicted molar refractivity (Wildman–Crippen MR) is 88.5 cm³/mol. The molecule has 0 aliphatic rings. The Bertz CT molecular complexity index is 863. The Morgan fingerprint density at radius 1 is 1.22 bits per heavy atom. The van der Waals surface area contributed by atoms with Gasteiger partial charge in [-0.25, -0.2) is 9.59 Å². The molecule has 0 saturated carbocycles. The molecule has 0 spiro atoms.